The number of aliphatic hydroxyl groups excluding tert-OH is 1. The minimum Gasteiger partial charge on any atom is -0.481 e. The van der Waals surface area contributed by atoms with Crippen LogP contribution in [0.25, 0.3) is 0 Å². The van der Waals surface area contributed by atoms with Gasteiger partial charge in [-0.1, -0.05) is 18.2 Å². The van der Waals surface area contributed by atoms with E-state index in [1.54, 1.807) is 29.2 Å². The molecule has 1 saturated carbocycles. The predicted molar refractivity (Wildman–Crippen MR) is 119 cm³/mol. The summed E-state index contributed by atoms with van der Waals surface area (Å²) >= 11 is 6.73. The Bertz CT molecular complexity index is 706. The zero-order valence-corrected chi connectivity index (χ0v) is 19.2. The number of hydrogen-bond donors (Lipinski definition) is 2. The highest BCUT2D eigenvalue weighted by Gasteiger charge is 2.32. The minimum absolute atomic E-state index is 0.0940. The van der Waals surface area contributed by atoms with Gasteiger partial charge in [0.1, 0.15) is 0 Å². The summed E-state index contributed by atoms with van der Waals surface area (Å²) in [6.45, 7) is 2.05. The van der Waals surface area contributed by atoms with E-state index in [2.05, 4.69) is 15.9 Å². The van der Waals surface area contributed by atoms with Gasteiger partial charge in [-0.3, -0.25) is 9.59 Å². The number of carboxylic acids is 1. The third-order valence-electron chi connectivity index (χ3n) is 4.90. The summed E-state index contributed by atoms with van der Waals surface area (Å²) in [4.78, 5) is 23.9. The quantitative estimate of drug-likeness (QED) is 0.183. The molecule has 0 radical (unpaired) electrons. The van der Waals surface area contributed by atoms with E-state index in [0.29, 0.717) is 12.2 Å². The van der Waals surface area contributed by atoms with Crippen molar-refractivity contribution < 1.29 is 19.8 Å². The molecule has 28 heavy (non-hydrogen) atoms. The first-order valence-electron chi connectivity index (χ1n) is 9.51. The van der Waals surface area contributed by atoms with Crippen LogP contribution in [0.3, 0.4) is 0 Å². The number of hydrogen-bond acceptors (Lipinski definition) is 5. The molecule has 1 aromatic rings. The fraction of sp³-hybridized carbons (Fsp3) is 0.524. The Morgan fingerprint density at radius 3 is 2.82 bits per heavy atom. The maximum absolute atomic E-state index is 12.2. The van der Waals surface area contributed by atoms with E-state index in [4.69, 9.17) is 5.11 Å². The van der Waals surface area contributed by atoms with Gasteiger partial charge in [-0.25, -0.2) is 0 Å². The number of carbonyl (C=O) groups is 2. The second-order valence-corrected chi connectivity index (χ2v) is 10.4. The Balaban J connectivity index is 1.77. The average Bonchev–Trinajstić information content (AvgIpc) is 3.16. The molecule has 0 bridgehead atoms. The van der Waals surface area contributed by atoms with E-state index in [1.807, 2.05) is 31.2 Å². The minimum atomic E-state index is -0.769. The van der Waals surface area contributed by atoms with Crippen molar-refractivity contribution in [1.82, 2.24) is 0 Å². The molecule has 154 valence electrons. The monoisotopic (exact) mass is 486 g/mol. The van der Waals surface area contributed by atoms with E-state index in [1.165, 1.54) is 4.88 Å². The lowest BCUT2D eigenvalue weighted by atomic mass is 9.90. The second-order valence-electron chi connectivity index (χ2n) is 7.05. The fourth-order valence-corrected chi connectivity index (χ4v) is 6.10. The number of rotatable bonds is 11. The van der Waals surface area contributed by atoms with Crippen molar-refractivity contribution >= 4 is 50.8 Å². The highest BCUT2D eigenvalue weighted by atomic mass is 79.9. The number of thioether (sulfide) groups is 1. The van der Waals surface area contributed by atoms with Gasteiger partial charge in [0.25, 0.3) is 0 Å². The van der Waals surface area contributed by atoms with Crippen LogP contribution in [0, 0.1) is 18.8 Å². The van der Waals surface area contributed by atoms with Crippen molar-refractivity contribution in [3.8, 4) is 0 Å². The number of aliphatic carboxylic acids is 1. The van der Waals surface area contributed by atoms with E-state index >= 15 is 0 Å². The molecule has 2 rings (SSSR count). The number of ketones is 1. The molecule has 4 nitrogen and oxygen atoms in total. The smallest absolute Gasteiger partial charge is 0.303 e. The van der Waals surface area contributed by atoms with Gasteiger partial charge < -0.3 is 10.2 Å². The maximum Gasteiger partial charge on any atom is 0.303 e. The first-order valence-corrected chi connectivity index (χ1v) is 12.1. The van der Waals surface area contributed by atoms with Gasteiger partial charge in [0.2, 0.25) is 0 Å². The highest BCUT2D eigenvalue weighted by Crippen LogP contribution is 2.36. The molecule has 0 spiro atoms. The van der Waals surface area contributed by atoms with Crippen LogP contribution in [0.15, 0.2) is 39.1 Å². The Morgan fingerprint density at radius 2 is 2.14 bits per heavy atom. The predicted octanol–water partition coefficient (Wildman–Crippen LogP) is 5.62. The summed E-state index contributed by atoms with van der Waals surface area (Å²) in [5, 5.41) is 18.9. The van der Waals surface area contributed by atoms with E-state index in [-0.39, 0.29) is 30.1 Å². The van der Waals surface area contributed by atoms with E-state index in [0.717, 1.165) is 34.4 Å². The number of carbonyl (C=O) groups excluding carboxylic acids is 1. The van der Waals surface area contributed by atoms with Crippen molar-refractivity contribution in [3.05, 3.63) is 39.7 Å². The molecule has 0 saturated heterocycles. The lowest BCUT2D eigenvalue weighted by Crippen LogP contribution is -2.17. The molecule has 1 aliphatic rings. The van der Waals surface area contributed by atoms with Crippen LogP contribution in [0.5, 0.6) is 0 Å². The lowest BCUT2D eigenvalue weighted by molar-refractivity contribution is -0.137. The summed E-state index contributed by atoms with van der Waals surface area (Å²) in [6.07, 6.45) is 11.3. The molecule has 1 heterocycles. The van der Waals surface area contributed by atoms with Crippen LogP contribution in [0.2, 0.25) is 0 Å². The van der Waals surface area contributed by atoms with Crippen molar-refractivity contribution in [3.63, 3.8) is 0 Å². The largest absolute Gasteiger partial charge is 0.481 e. The van der Waals surface area contributed by atoms with E-state index < -0.39 is 5.97 Å². The molecule has 0 aromatic carbocycles. The van der Waals surface area contributed by atoms with Crippen molar-refractivity contribution in [2.75, 3.05) is 5.75 Å². The SMILES string of the molecule is Cc1sc(SCC(=O)C=C[C@H]2CCC(O)[C@@H]2CC=CCCCC(=O)O)cc1Br. The number of halogens is 1. The number of allylic oxidation sites excluding steroid dienone is 4. The molecule has 1 aliphatic carbocycles. The average molecular weight is 487 g/mol. The first kappa shape index (κ1) is 23.4. The summed E-state index contributed by atoms with van der Waals surface area (Å²) in [5.74, 6) is 0.0897. The van der Waals surface area contributed by atoms with Crippen molar-refractivity contribution in [1.29, 1.82) is 0 Å². The molecular weight excluding hydrogens is 460 g/mol. The van der Waals surface area contributed by atoms with Gasteiger partial charge in [0.05, 0.1) is 16.1 Å². The molecule has 0 aliphatic heterocycles. The molecular formula is C21H27BrO4S2. The third-order valence-corrected chi connectivity index (χ3v) is 8.26. The van der Waals surface area contributed by atoms with Gasteiger partial charge in [0, 0.05) is 15.8 Å². The molecule has 2 N–H and O–H groups in total. The number of thiophene rings is 1. The zero-order chi connectivity index (χ0) is 20.5. The van der Waals surface area contributed by atoms with E-state index in [9.17, 15) is 14.7 Å². The van der Waals surface area contributed by atoms with Crippen LogP contribution in [-0.4, -0.2) is 33.8 Å². The molecule has 1 aromatic heterocycles. The topological polar surface area (TPSA) is 74.6 Å². The highest BCUT2D eigenvalue weighted by molar-refractivity contribution is 9.10. The molecule has 0 amide bonds. The number of aliphatic hydroxyl groups is 1. The van der Waals surface area contributed by atoms with Crippen LogP contribution in [-0.2, 0) is 9.59 Å². The molecule has 3 atom stereocenters. The number of unbranched alkanes of at least 4 members (excludes halogenated alkanes) is 1. The van der Waals surface area contributed by atoms with Crippen molar-refractivity contribution in [2.24, 2.45) is 11.8 Å². The van der Waals surface area contributed by atoms with Gasteiger partial charge in [-0.05, 0) is 78.9 Å². The summed E-state index contributed by atoms with van der Waals surface area (Å²) in [7, 11) is 0. The van der Waals surface area contributed by atoms with Gasteiger partial charge in [0.15, 0.2) is 5.78 Å². The summed E-state index contributed by atoms with van der Waals surface area (Å²) in [6, 6.07) is 2.05. The molecule has 1 unspecified atom stereocenters. The van der Waals surface area contributed by atoms with Crippen LogP contribution < -0.4 is 0 Å². The van der Waals surface area contributed by atoms with Crippen molar-refractivity contribution in [2.45, 2.75) is 55.8 Å². The second kappa shape index (κ2) is 12.0. The fourth-order valence-electron chi connectivity index (χ4n) is 3.32. The maximum atomic E-state index is 12.2. The summed E-state index contributed by atoms with van der Waals surface area (Å²) in [5.41, 5.74) is 0. The Hall–Kier alpha value is -0.890. The molecule has 7 heteroatoms. The van der Waals surface area contributed by atoms with Crippen LogP contribution in [0.4, 0.5) is 0 Å². The number of carboxylic acid groups (broad SMARTS) is 1. The standard InChI is InChI=1S/C21H27BrO4S2/c1-14-18(22)12-21(28-14)27-13-16(23)10-8-15-9-11-19(24)17(15)6-4-2-3-5-7-20(25)26/h2,4,8,10,12,15,17,19,24H,3,5-7,9,11,13H2,1H3,(H,25,26)/t15-,17+,19?/m0/s1. The number of aryl methyl sites for hydroxylation is 1. The zero-order valence-electron chi connectivity index (χ0n) is 16.0. The third kappa shape index (κ3) is 7.85. The van der Waals surface area contributed by atoms with Gasteiger partial charge >= 0.3 is 5.97 Å². The van der Waals surface area contributed by atoms with Gasteiger partial charge in [-0.2, -0.15) is 0 Å². The summed E-state index contributed by atoms with van der Waals surface area (Å²) < 4.78 is 2.22. The lowest BCUT2D eigenvalue weighted by Gasteiger charge is -2.17. The Kier molecular flexibility index (Phi) is 9.99. The van der Waals surface area contributed by atoms with Crippen LogP contribution >= 0.6 is 39.0 Å². The Morgan fingerprint density at radius 1 is 1.36 bits per heavy atom. The Labute approximate surface area is 183 Å². The normalized spacial score (nSPS) is 22.5. The van der Waals surface area contributed by atoms with Crippen LogP contribution in [0.1, 0.15) is 43.4 Å². The molecule has 1 fully saturated rings. The first-order chi connectivity index (χ1) is 13.4. The van der Waals surface area contributed by atoms with Gasteiger partial charge in [-0.15, -0.1) is 23.1 Å².